The van der Waals surface area contributed by atoms with Gasteiger partial charge < -0.3 is 4.74 Å². The Balaban J connectivity index is 2.42. The highest BCUT2D eigenvalue weighted by molar-refractivity contribution is 7.92. The molecule has 126 valence electrons. The largest absolute Gasteiger partial charge is 0.496 e. The van der Waals surface area contributed by atoms with Crippen LogP contribution in [0.15, 0.2) is 17.0 Å². The van der Waals surface area contributed by atoms with Crippen LogP contribution in [0.25, 0.3) is 0 Å². The number of benzene rings is 1. The topological polar surface area (TPSA) is 86.1 Å². The quantitative estimate of drug-likeness (QED) is 0.904. The van der Waals surface area contributed by atoms with E-state index >= 15 is 0 Å². The highest BCUT2D eigenvalue weighted by atomic mass is 32.2. The second kappa shape index (κ2) is 6.19. The lowest BCUT2D eigenvalue weighted by Gasteiger charge is -2.13. The number of aryl methyl sites for hydroxylation is 1. The molecule has 2 aromatic rings. The molecule has 0 spiro atoms. The SMILES string of the molecule is COc1ccc(S(=O)(=O)Nc2nc(C(C)C)nn2C)c(C)c1C. The predicted molar refractivity (Wildman–Crippen MR) is 88.4 cm³/mol. The lowest BCUT2D eigenvalue weighted by Crippen LogP contribution is -2.17. The van der Waals surface area contributed by atoms with Gasteiger partial charge in [-0.3, -0.25) is 0 Å². The maximum atomic E-state index is 12.7. The van der Waals surface area contributed by atoms with Gasteiger partial charge in [-0.05, 0) is 37.1 Å². The van der Waals surface area contributed by atoms with Gasteiger partial charge in [0.05, 0.1) is 12.0 Å². The van der Waals surface area contributed by atoms with Crippen LogP contribution in [-0.2, 0) is 17.1 Å². The first-order valence-electron chi connectivity index (χ1n) is 7.25. The molecule has 1 heterocycles. The summed E-state index contributed by atoms with van der Waals surface area (Å²) in [4.78, 5) is 4.44. The second-order valence-electron chi connectivity index (χ2n) is 5.69. The summed E-state index contributed by atoms with van der Waals surface area (Å²) in [5.74, 6) is 1.56. The zero-order valence-electron chi connectivity index (χ0n) is 14.2. The summed E-state index contributed by atoms with van der Waals surface area (Å²) in [6.07, 6.45) is 0. The molecule has 0 radical (unpaired) electrons. The molecular weight excluding hydrogens is 316 g/mol. The molecule has 8 heteroatoms. The minimum absolute atomic E-state index is 0.115. The summed E-state index contributed by atoms with van der Waals surface area (Å²) < 4.78 is 34.5. The van der Waals surface area contributed by atoms with E-state index in [1.54, 1.807) is 27.1 Å². The van der Waals surface area contributed by atoms with Crippen LogP contribution in [0.3, 0.4) is 0 Å². The molecule has 2 rings (SSSR count). The van der Waals surface area contributed by atoms with Crippen molar-refractivity contribution in [1.82, 2.24) is 14.8 Å². The number of rotatable bonds is 5. The van der Waals surface area contributed by atoms with Crippen LogP contribution in [0.2, 0.25) is 0 Å². The third kappa shape index (κ3) is 3.31. The van der Waals surface area contributed by atoms with Gasteiger partial charge in [0.15, 0.2) is 5.82 Å². The van der Waals surface area contributed by atoms with E-state index in [2.05, 4.69) is 14.8 Å². The fraction of sp³-hybridized carbons (Fsp3) is 0.467. The zero-order chi connectivity index (χ0) is 17.4. The number of aromatic nitrogens is 3. The molecule has 0 atom stereocenters. The van der Waals surface area contributed by atoms with Crippen molar-refractivity contribution < 1.29 is 13.2 Å². The lowest BCUT2D eigenvalue weighted by molar-refractivity contribution is 0.411. The number of anilines is 1. The Hall–Kier alpha value is -2.09. The van der Waals surface area contributed by atoms with Gasteiger partial charge in [0, 0.05) is 13.0 Å². The number of ether oxygens (including phenoxy) is 1. The lowest BCUT2D eigenvalue weighted by atomic mass is 10.1. The Morgan fingerprint density at radius 2 is 1.87 bits per heavy atom. The summed E-state index contributed by atoms with van der Waals surface area (Å²) in [5, 5.41) is 4.21. The van der Waals surface area contributed by atoms with Gasteiger partial charge in [-0.1, -0.05) is 13.8 Å². The van der Waals surface area contributed by atoms with Crippen molar-refractivity contribution in [1.29, 1.82) is 0 Å². The smallest absolute Gasteiger partial charge is 0.264 e. The third-order valence-electron chi connectivity index (χ3n) is 3.72. The number of nitrogens with one attached hydrogen (secondary N) is 1. The van der Waals surface area contributed by atoms with E-state index in [1.807, 2.05) is 20.8 Å². The maximum Gasteiger partial charge on any atom is 0.264 e. The van der Waals surface area contributed by atoms with Gasteiger partial charge in [-0.15, -0.1) is 0 Å². The highest BCUT2D eigenvalue weighted by Gasteiger charge is 2.22. The van der Waals surface area contributed by atoms with E-state index in [1.165, 1.54) is 10.7 Å². The Labute approximate surface area is 136 Å². The number of methoxy groups -OCH3 is 1. The number of sulfonamides is 1. The highest BCUT2D eigenvalue weighted by Crippen LogP contribution is 2.28. The van der Waals surface area contributed by atoms with Gasteiger partial charge in [-0.2, -0.15) is 10.1 Å². The number of hydrogen-bond donors (Lipinski definition) is 1. The van der Waals surface area contributed by atoms with Crippen molar-refractivity contribution in [3.05, 3.63) is 29.1 Å². The van der Waals surface area contributed by atoms with E-state index in [0.29, 0.717) is 17.1 Å². The molecule has 1 N–H and O–H groups in total. The standard InChI is InChI=1S/C15H22N4O3S/c1-9(2)14-16-15(19(5)17-14)18-23(20,21)13-8-7-12(22-6)10(3)11(13)4/h7-9H,1-6H3,(H,16,17,18). The van der Waals surface area contributed by atoms with Crippen molar-refractivity contribution in [3.63, 3.8) is 0 Å². The molecule has 0 saturated heterocycles. The van der Waals surface area contributed by atoms with Crippen LogP contribution in [0, 0.1) is 13.8 Å². The molecule has 0 aliphatic rings. The van der Waals surface area contributed by atoms with Crippen LogP contribution in [-0.4, -0.2) is 30.3 Å². The minimum Gasteiger partial charge on any atom is -0.496 e. The first-order valence-corrected chi connectivity index (χ1v) is 8.73. The average molecular weight is 338 g/mol. The average Bonchev–Trinajstić information content (AvgIpc) is 2.82. The van der Waals surface area contributed by atoms with Gasteiger partial charge in [0.2, 0.25) is 5.95 Å². The number of nitrogens with zero attached hydrogens (tertiary/aromatic N) is 3. The molecule has 23 heavy (non-hydrogen) atoms. The van der Waals surface area contributed by atoms with Gasteiger partial charge in [-0.25, -0.2) is 17.8 Å². The Morgan fingerprint density at radius 1 is 1.22 bits per heavy atom. The fourth-order valence-corrected chi connectivity index (χ4v) is 3.53. The van der Waals surface area contributed by atoms with Gasteiger partial charge >= 0.3 is 0 Å². The van der Waals surface area contributed by atoms with E-state index in [4.69, 9.17) is 4.74 Å². The van der Waals surface area contributed by atoms with Crippen molar-refractivity contribution in [2.75, 3.05) is 11.8 Å². The molecule has 0 amide bonds. The van der Waals surface area contributed by atoms with Crippen molar-refractivity contribution >= 4 is 16.0 Å². The molecule has 1 aromatic heterocycles. The molecule has 0 unspecified atom stereocenters. The van der Waals surface area contributed by atoms with Gasteiger partial charge in [0.25, 0.3) is 10.0 Å². The predicted octanol–water partition coefficient (Wildman–Crippen LogP) is 2.36. The van der Waals surface area contributed by atoms with E-state index in [0.717, 1.165) is 5.56 Å². The molecule has 0 fully saturated rings. The first-order chi connectivity index (χ1) is 10.7. The molecule has 1 aromatic carbocycles. The molecular formula is C15H22N4O3S. The minimum atomic E-state index is -3.76. The second-order valence-corrected chi connectivity index (χ2v) is 7.34. The zero-order valence-corrected chi connectivity index (χ0v) is 15.0. The summed E-state index contributed by atoms with van der Waals surface area (Å²) in [6.45, 7) is 7.48. The first kappa shape index (κ1) is 17.3. The Morgan fingerprint density at radius 3 is 2.39 bits per heavy atom. The Kier molecular flexibility index (Phi) is 4.65. The van der Waals surface area contributed by atoms with Crippen molar-refractivity contribution in [2.24, 2.45) is 7.05 Å². The van der Waals surface area contributed by atoms with E-state index in [9.17, 15) is 8.42 Å². The van der Waals surface area contributed by atoms with E-state index in [-0.39, 0.29) is 16.8 Å². The fourth-order valence-electron chi connectivity index (χ4n) is 2.20. The molecule has 0 aliphatic heterocycles. The van der Waals surface area contributed by atoms with Crippen LogP contribution in [0.1, 0.15) is 36.7 Å². The summed E-state index contributed by atoms with van der Waals surface area (Å²) in [7, 11) is -0.543. The molecule has 0 saturated carbocycles. The third-order valence-corrected chi connectivity index (χ3v) is 5.19. The van der Waals surface area contributed by atoms with Crippen LogP contribution in [0.5, 0.6) is 5.75 Å². The molecule has 0 bridgehead atoms. The molecule has 7 nitrogen and oxygen atoms in total. The summed E-state index contributed by atoms with van der Waals surface area (Å²) in [5.41, 5.74) is 1.43. The molecule has 0 aliphatic carbocycles. The normalized spacial score (nSPS) is 11.8. The summed E-state index contributed by atoms with van der Waals surface area (Å²) in [6, 6.07) is 3.18. The van der Waals surface area contributed by atoms with Crippen LogP contribution in [0.4, 0.5) is 5.95 Å². The van der Waals surface area contributed by atoms with Crippen LogP contribution < -0.4 is 9.46 Å². The monoisotopic (exact) mass is 338 g/mol. The Bertz CT molecular complexity index is 825. The van der Waals surface area contributed by atoms with Gasteiger partial charge in [0.1, 0.15) is 5.75 Å². The van der Waals surface area contributed by atoms with Crippen LogP contribution >= 0.6 is 0 Å². The maximum absolute atomic E-state index is 12.7. The van der Waals surface area contributed by atoms with Crippen molar-refractivity contribution in [2.45, 2.75) is 38.5 Å². The summed E-state index contributed by atoms with van der Waals surface area (Å²) >= 11 is 0. The van der Waals surface area contributed by atoms with E-state index < -0.39 is 10.0 Å². The number of hydrogen-bond acceptors (Lipinski definition) is 5. The van der Waals surface area contributed by atoms with Crippen molar-refractivity contribution in [3.8, 4) is 5.75 Å².